The molecule has 2 aromatic carbocycles. The van der Waals surface area contributed by atoms with Crippen molar-refractivity contribution in [2.75, 3.05) is 24.3 Å². The van der Waals surface area contributed by atoms with Crippen molar-refractivity contribution in [3.05, 3.63) is 59.9 Å². The molecule has 172 valence electrons. The summed E-state index contributed by atoms with van der Waals surface area (Å²) in [6.45, 7) is 2.96. The largest absolute Gasteiger partial charge is 0.488 e. The average molecular weight is 457 g/mol. The molecule has 5 rings (SSSR count). The van der Waals surface area contributed by atoms with E-state index in [1.807, 2.05) is 22.6 Å². The first-order valence-corrected chi connectivity index (χ1v) is 10.5. The summed E-state index contributed by atoms with van der Waals surface area (Å²) in [6.07, 6.45) is -0.245. The Morgan fingerprint density at radius 2 is 2.09 bits per heavy atom. The van der Waals surface area contributed by atoms with Crippen LogP contribution in [0.25, 0.3) is 16.7 Å². The lowest BCUT2D eigenvalue weighted by Crippen LogP contribution is -2.16. The summed E-state index contributed by atoms with van der Waals surface area (Å²) < 4.78 is 53.1. The van der Waals surface area contributed by atoms with Crippen molar-refractivity contribution in [3.63, 3.8) is 0 Å². The van der Waals surface area contributed by atoms with E-state index in [2.05, 4.69) is 15.3 Å². The van der Waals surface area contributed by atoms with E-state index in [1.165, 1.54) is 6.07 Å². The molecule has 1 aliphatic rings. The van der Waals surface area contributed by atoms with Gasteiger partial charge in [-0.1, -0.05) is 0 Å². The van der Waals surface area contributed by atoms with Crippen molar-refractivity contribution in [3.8, 4) is 5.75 Å². The van der Waals surface area contributed by atoms with Crippen LogP contribution in [0.4, 0.5) is 24.7 Å². The molecule has 2 atom stereocenters. The summed E-state index contributed by atoms with van der Waals surface area (Å²) in [5.41, 5.74) is 6.25. The normalized spacial score (nSPS) is 17.5. The van der Waals surface area contributed by atoms with Crippen LogP contribution in [0.5, 0.6) is 5.75 Å². The van der Waals surface area contributed by atoms with E-state index in [1.54, 1.807) is 19.3 Å². The molecule has 2 aromatic heterocycles. The third-order valence-electron chi connectivity index (χ3n) is 5.66. The Kier molecular flexibility index (Phi) is 5.24. The molecule has 3 N–H and O–H groups in total. The van der Waals surface area contributed by atoms with Crippen LogP contribution in [-0.2, 0) is 10.9 Å². The summed E-state index contributed by atoms with van der Waals surface area (Å²) in [7, 11) is 0. The van der Waals surface area contributed by atoms with Crippen LogP contribution in [-0.4, -0.2) is 33.7 Å². The fourth-order valence-corrected chi connectivity index (χ4v) is 4.00. The number of fused-ring (bicyclic) bond motifs is 3. The number of nitrogen functional groups attached to an aromatic ring is 1. The lowest BCUT2D eigenvalue weighted by atomic mass is 10.0. The first kappa shape index (κ1) is 21.3. The maximum absolute atomic E-state index is 13.3. The number of hydrogen-bond donors (Lipinski definition) is 2. The lowest BCUT2D eigenvalue weighted by molar-refractivity contribution is -0.137. The fraction of sp³-hybridized carbons (Fsp3) is 0.304. The maximum atomic E-state index is 13.3. The predicted octanol–water partition coefficient (Wildman–Crippen LogP) is 4.82. The maximum Gasteiger partial charge on any atom is 0.416 e. The van der Waals surface area contributed by atoms with E-state index in [0.29, 0.717) is 36.1 Å². The SMILES string of the molecule is C[C@@H](Nc1nc2nccn2c2ccc(O[C@H]3CCOC3)cc12)c1cc(N)cc(C(F)(F)F)c1. The van der Waals surface area contributed by atoms with Gasteiger partial charge in [-0.05, 0) is 48.9 Å². The molecule has 0 aliphatic carbocycles. The van der Waals surface area contributed by atoms with Gasteiger partial charge in [-0.15, -0.1) is 0 Å². The number of ether oxygens (including phenoxy) is 2. The minimum atomic E-state index is -4.49. The van der Waals surface area contributed by atoms with Gasteiger partial charge >= 0.3 is 6.18 Å². The van der Waals surface area contributed by atoms with Gasteiger partial charge in [0.25, 0.3) is 0 Å². The van der Waals surface area contributed by atoms with Crippen molar-refractivity contribution < 1.29 is 22.6 Å². The number of hydrogen-bond acceptors (Lipinski definition) is 6. The molecule has 1 fully saturated rings. The Labute approximate surface area is 187 Å². The zero-order chi connectivity index (χ0) is 23.2. The number of aromatic nitrogens is 3. The Morgan fingerprint density at radius 1 is 1.24 bits per heavy atom. The molecule has 33 heavy (non-hydrogen) atoms. The highest BCUT2D eigenvalue weighted by Gasteiger charge is 2.31. The molecule has 0 unspecified atom stereocenters. The molecule has 1 saturated heterocycles. The highest BCUT2D eigenvalue weighted by Crippen LogP contribution is 2.35. The van der Waals surface area contributed by atoms with E-state index >= 15 is 0 Å². The van der Waals surface area contributed by atoms with Crippen molar-refractivity contribution in [1.82, 2.24) is 14.4 Å². The molecule has 0 spiro atoms. The zero-order valence-electron chi connectivity index (χ0n) is 17.8. The Hall–Kier alpha value is -3.53. The highest BCUT2D eigenvalue weighted by atomic mass is 19.4. The fourth-order valence-electron chi connectivity index (χ4n) is 4.00. The van der Waals surface area contributed by atoms with E-state index in [-0.39, 0.29) is 11.8 Å². The molecule has 1 aliphatic heterocycles. The zero-order valence-corrected chi connectivity index (χ0v) is 17.8. The number of imidazole rings is 1. The molecule has 7 nitrogen and oxygen atoms in total. The van der Waals surface area contributed by atoms with E-state index in [9.17, 15) is 13.2 Å². The van der Waals surface area contributed by atoms with Gasteiger partial charge in [0.15, 0.2) is 0 Å². The van der Waals surface area contributed by atoms with Crippen LogP contribution in [0.15, 0.2) is 48.8 Å². The summed E-state index contributed by atoms with van der Waals surface area (Å²) >= 11 is 0. The van der Waals surface area contributed by atoms with Gasteiger partial charge in [0.1, 0.15) is 17.7 Å². The number of nitrogens with zero attached hydrogens (tertiary/aromatic N) is 3. The highest BCUT2D eigenvalue weighted by molar-refractivity contribution is 5.92. The molecule has 0 bridgehead atoms. The molecule has 0 saturated carbocycles. The number of halogens is 3. The average Bonchev–Trinajstić information content (AvgIpc) is 3.44. The van der Waals surface area contributed by atoms with E-state index in [4.69, 9.17) is 15.2 Å². The first-order valence-electron chi connectivity index (χ1n) is 10.5. The topological polar surface area (TPSA) is 86.7 Å². The van der Waals surface area contributed by atoms with E-state index in [0.717, 1.165) is 29.5 Å². The van der Waals surface area contributed by atoms with Gasteiger partial charge in [0.2, 0.25) is 5.78 Å². The molecular weight excluding hydrogens is 435 g/mol. The summed E-state index contributed by atoms with van der Waals surface area (Å²) in [4.78, 5) is 8.87. The number of nitrogens with one attached hydrogen (secondary N) is 1. The number of rotatable bonds is 5. The van der Waals surface area contributed by atoms with Crippen LogP contribution in [0.2, 0.25) is 0 Å². The second-order valence-corrected chi connectivity index (χ2v) is 8.09. The van der Waals surface area contributed by atoms with Crippen LogP contribution in [0.3, 0.4) is 0 Å². The minimum absolute atomic E-state index is 0.0178. The summed E-state index contributed by atoms with van der Waals surface area (Å²) in [5.74, 6) is 1.62. The Morgan fingerprint density at radius 3 is 2.85 bits per heavy atom. The van der Waals surface area contributed by atoms with Gasteiger partial charge < -0.3 is 20.5 Å². The number of nitrogens with two attached hydrogens (primary N) is 1. The van der Waals surface area contributed by atoms with Crippen molar-refractivity contribution in [1.29, 1.82) is 0 Å². The van der Waals surface area contributed by atoms with Crippen molar-refractivity contribution in [2.24, 2.45) is 0 Å². The quantitative estimate of drug-likeness (QED) is 0.418. The van der Waals surface area contributed by atoms with E-state index < -0.39 is 17.8 Å². The predicted molar refractivity (Wildman–Crippen MR) is 118 cm³/mol. The van der Waals surface area contributed by atoms with Gasteiger partial charge in [-0.2, -0.15) is 18.2 Å². The molecule has 0 amide bonds. The Balaban J connectivity index is 1.54. The van der Waals surface area contributed by atoms with Crippen LogP contribution >= 0.6 is 0 Å². The number of benzene rings is 2. The monoisotopic (exact) mass is 457 g/mol. The molecule has 4 aromatic rings. The molecule has 0 radical (unpaired) electrons. The molecule has 10 heteroatoms. The van der Waals surface area contributed by atoms with Gasteiger partial charge in [0.05, 0.1) is 30.3 Å². The van der Waals surface area contributed by atoms with Crippen molar-refractivity contribution >= 4 is 28.2 Å². The van der Waals surface area contributed by atoms with Gasteiger partial charge in [-0.3, -0.25) is 4.40 Å². The number of anilines is 2. The van der Waals surface area contributed by atoms with Gasteiger partial charge in [0, 0.05) is 29.9 Å². The standard InChI is InChI=1S/C23H22F3N5O2/c1-13(14-8-15(23(24,25)26)10-16(27)9-14)29-21-19-11-17(33-18-4-7-32-12-18)2-3-20(19)31-6-5-28-22(31)30-21/h2-3,5-6,8-11,13,18H,4,7,12,27H2,1H3,(H,28,29,30)/t13-,18+/m1/s1. The molecule has 3 heterocycles. The third-order valence-corrected chi connectivity index (χ3v) is 5.66. The second-order valence-electron chi connectivity index (χ2n) is 8.09. The third kappa shape index (κ3) is 4.25. The second kappa shape index (κ2) is 8.11. The minimum Gasteiger partial charge on any atom is -0.488 e. The smallest absolute Gasteiger partial charge is 0.416 e. The first-order chi connectivity index (χ1) is 15.8. The Bertz CT molecular complexity index is 1310. The van der Waals surface area contributed by atoms with Crippen molar-refractivity contribution in [2.45, 2.75) is 31.7 Å². The summed E-state index contributed by atoms with van der Waals surface area (Å²) in [5, 5.41) is 4.00. The van der Waals surface area contributed by atoms with Crippen LogP contribution < -0.4 is 15.8 Å². The van der Waals surface area contributed by atoms with Crippen LogP contribution in [0, 0.1) is 0 Å². The number of alkyl halides is 3. The van der Waals surface area contributed by atoms with Crippen LogP contribution in [0.1, 0.15) is 30.5 Å². The molecular formula is C23H22F3N5O2. The van der Waals surface area contributed by atoms with Gasteiger partial charge in [-0.25, -0.2) is 4.98 Å². The lowest BCUT2D eigenvalue weighted by Gasteiger charge is -2.20. The summed E-state index contributed by atoms with van der Waals surface area (Å²) in [6, 6.07) is 8.70.